The van der Waals surface area contributed by atoms with E-state index in [1.54, 1.807) is 0 Å². The standard InChI is InChI=1S/C46H27NO.C11H10/c1-2-10-33(11-3-1)47-42-15-5-4-12-35(42)36-21-17-32(27-43(36)47)31-19-23-45-41(26-31)40-25-30(18-22-44(40)48-45)29-16-20-34-37-13-6-8-28-9-7-14-38(46(28)37)39(34)24-29;1-9-5-4-7-10-6-2-3-8-11(9)10/h1-27H;2-8H,1H3. The molecule has 0 radical (unpaired) electrons. The summed E-state index contributed by atoms with van der Waals surface area (Å²) < 4.78 is 8.75. The summed E-state index contributed by atoms with van der Waals surface area (Å²) >= 11 is 0. The van der Waals surface area contributed by atoms with Crippen LogP contribution in [0.2, 0.25) is 0 Å². The molecule has 12 aromatic rings. The van der Waals surface area contributed by atoms with E-state index in [0.717, 1.165) is 27.6 Å². The summed E-state index contributed by atoms with van der Waals surface area (Å²) in [6.45, 7) is 2.14. The zero-order valence-corrected chi connectivity index (χ0v) is 32.5. The largest absolute Gasteiger partial charge is 0.456 e. The number of hydrogen-bond donors (Lipinski definition) is 0. The minimum Gasteiger partial charge on any atom is -0.456 e. The molecule has 0 bridgehead atoms. The van der Waals surface area contributed by atoms with Crippen LogP contribution in [-0.4, -0.2) is 4.57 Å². The van der Waals surface area contributed by atoms with Gasteiger partial charge in [-0.2, -0.15) is 0 Å². The van der Waals surface area contributed by atoms with Crippen LogP contribution < -0.4 is 0 Å². The fourth-order valence-corrected chi connectivity index (χ4v) is 9.50. The van der Waals surface area contributed by atoms with E-state index in [2.05, 4.69) is 218 Å². The highest BCUT2D eigenvalue weighted by Gasteiger charge is 2.22. The van der Waals surface area contributed by atoms with E-state index in [4.69, 9.17) is 4.42 Å². The van der Waals surface area contributed by atoms with E-state index in [9.17, 15) is 0 Å². The maximum absolute atomic E-state index is 6.37. The van der Waals surface area contributed by atoms with Gasteiger partial charge in [0.25, 0.3) is 0 Å². The van der Waals surface area contributed by atoms with Gasteiger partial charge in [-0.25, -0.2) is 0 Å². The van der Waals surface area contributed by atoms with Crippen LogP contribution in [0.5, 0.6) is 0 Å². The summed E-state index contributed by atoms with van der Waals surface area (Å²) in [7, 11) is 0. The van der Waals surface area contributed by atoms with Crippen LogP contribution in [0.4, 0.5) is 0 Å². The maximum atomic E-state index is 6.37. The van der Waals surface area contributed by atoms with Crippen LogP contribution in [0, 0.1) is 6.92 Å². The predicted molar refractivity (Wildman–Crippen MR) is 250 cm³/mol. The van der Waals surface area contributed by atoms with Crippen LogP contribution in [-0.2, 0) is 0 Å². The summed E-state index contributed by atoms with van der Waals surface area (Å²) in [5, 5.41) is 10.1. The van der Waals surface area contributed by atoms with Crippen LogP contribution in [0.1, 0.15) is 5.56 Å². The Kier molecular flexibility index (Phi) is 7.48. The van der Waals surface area contributed by atoms with Gasteiger partial charge in [0.2, 0.25) is 0 Å². The smallest absolute Gasteiger partial charge is 0.135 e. The lowest BCUT2D eigenvalue weighted by atomic mass is 9.96. The Bertz CT molecular complexity index is 3610. The highest BCUT2D eigenvalue weighted by molar-refractivity contribution is 6.16. The van der Waals surface area contributed by atoms with Crippen LogP contribution in [0.3, 0.4) is 0 Å². The Morgan fingerprint density at radius 3 is 1.66 bits per heavy atom. The zero-order valence-electron chi connectivity index (χ0n) is 32.5. The first-order chi connectivity index (χ1) is 29.2. The average Bonchev–Trinajstić information content (AvgIpc) is 3.95. The Morgan fingerprint density at radius 2 is 0.898 bits per heavy atom. The maximum Gasteiger partial charge on any atom is 0.135 e. The van der Waals surface area contributed by atoms with E-state index in [0.29, 0.717) is 0 Å². The summed E-state index contributed by atoms with van der Waals surface area (Å²) in [6.07, 6.45) is 0. The van der Waals surface area contributed by atoms with E-state index in [1.807, 2.05) is 0 Å². The van der Waals surface area contributed by atoms with E-state index in [1.165, 1.54) is 93.4 Å². The van der Waals surface area contributed by atoms with E-state index >= 15 is 0 Å². The van der Waals surface area contributed by atoms with Crippen LogP contribution in [0.25, 0.3) is 115 Å². The molecule has 2 aromatic heterocycles. The fraction of sp³-hybridized carbons (Fsp3) is 0.0175. The van der Waals surface area contributed by atoms with Gasteiger partial charge in [-0.15, -0.1) is 0 Å². The van der Waals surface area contributed by atoms with Crippen molar-refractivity contribution in [3.05, 3.63) is 212 Å². The number of benzene rings is 10. The number of aromatic nitrogens is 1. The molecule has 0 atom stereocenters. The van der Waals surface area contributed by atoms with Crippen molar-refractivity contribution in [1.29, 1.82) is 0 Å². The Balaban J connectivity index is 0.000000297. The summed E-state index contributed by atoms with van der Waals surface area (Å²) in [4.78, 5) is 0. The highest BCUT2D eigenvalue weighted by atomic mass is 16.3. The first-order valence-electron chi connectivity index (χ1n) is 20.3. The lowest BCUT2D eigenvalue weighted by molar-refractivity contribution is 0.669. The van der Waals surface area contributed by atoms with Gasteiger partial charge in [0, 0.05) is 27.2 Å². The average molecular weight is 752 g/mol. The van der Waals surface area contributed by atoms with Gasteiger partial charge < -0.3 is 8.98 Å². The molecule has 10 aromatic carbocycles. The summed E-state index contributed by atoms with van der Waals surface area (Å²) in [5.74, 6) is 0. The Hall–Kier alpha value is -7.68. The quantitative estimate of drug-likeness (QED) is 0.176. The van der Waals surface area contributed by atoms with Crippen molar-refractivity contribution in [1.82, 2.24) is 4.57 Å². The third kappa shape index (κ3) is 5.34. The number of aryl methyl sites for hydroxylation is 1. The van der Waals surface area contributed by atoms with E-state index < -0.39 is 0 Å². The summed E-state index contributed by atoms with van der Waals surface area (Å²) in [5.41, 5.74) is 16.8. The van der Waals surface area contributed by atoms with Gasteiger partial charge in [0.1, 0.15) is 11.2 Å². The molecule has 276 valence electrons. The molecule has 0 spiro atoms. The number of para-hydroxylation sites is 2. The fourth-order valence-electron chi connectivity index (χ4n) is 9.50. The number of nitrogens with zero attached hydrogens (tertiary/aromatic N) is 1. The molecule has 2 heterocycles. The van der Waals surface area contributed by atoms with Crippen molar-refractivity contribution in [2.45, 2.75) is 6.92 Å². The van der Waals surface area contributed by atoms with Crippen molar-refractivity contribution in [2.75, 3.05) is 0 Å². The van der Waals surface area contributed by atoms with Gasteiger partial charge in [0.15, 0.2) is 0 Å². The van der Waals surface area contributed by atoms with Crippen LogP contribution >= 0.6 is 0 Å². The third-order valence-electron chi connectivity index (χ3n) is 12.3. The van der Waals surface area contributed by atoms with Gasteiger partial charge in [0.05, 0.1) is 11.0 Å². The van der Waals surface area contributed by atoms with Crippen molar-refractivity contribution >= 4 is 65.3 Å². The molecule has 0 N–H and O–H groups in total. The summed E-state index contributed by atoms with van der Waals surface area (Å²) in [6, 6.07) is 74.4. The zero-order chi connectivity index (χ0) is 39.0. The third-order valence-corrected chi connectivity index (χ3v) is 12.3. The molecule has 0 amide bonds. The molecule has 59 heavy (non-hydrogen) atoms. The Morgan fingerprint density at radius 1 is 0.339 bits per heavy atom. The molecule has 1 aliphatic rings. The molecule has 0 saturated heterocycles. The molecule has 13 rings (SSSR count). The number of furan rings is 1. The van der Waals surface area contributed by atoms with Crippen molar-refractivity contribution < 1.29 is 4.42 Å². The van der Waals surface area contributed by atoms with Crippen molar-refractivity contribution in [3.63, 3.8) is 0 Å². The topological polar surface area (TPSA) is 18.1 Å². The molecule has 2 nitrogen and oxygen atoms in total. The lowest BCUT2D eigenvalue weighted by Crippen LogP contribution is -1.93. The molecular formula is C57H37NO. The second-order valence-corrected chi connectivity index (χ2v) is 15.7. The van der Waals surface area contributed by atoms with Crippen molar-refractivity contribution in [3.8, 4) is 50.2 Å². The molecule has 2 heteroatoms. The van der Waals surface area contributed by atoms with Gasteiger partial charge in [-0.1, -0.05) is 152 Å². The van der Waals surface area contributed by atoms with Gasteiger partial charge in [-0.05, 0) is 133 Å². The Labute approximate surface area is 341 Å². The van der Waals surface area contributed by atoms with E-state index in [-0.39, 0.29) is 0 Å². The minimum absolute atomic E-state index is 0.904. The lowest BCUT2D eigenvalue weighted by Gasteiger charge is -2.09. The van der Waals surface area contributed by atoms with Crippen molar-refractivity contribution in [2.24, 2.45) is 0 Å². The number of fused-ring (bicyclic) bond motifs is 10. The highest BCUT2D eigenvalue weighted by Crippen LogP contribution is 2.48. The first-order valence-corrected chi connectivity index (χ1v) is 20.3. The molecule has 0 saturated carbocycles. The molecule has 1 aliphatic carbocycles. The first kappa shape index (κ1) is 33.5. The molecule has 0 fully saturated rings. The second kappa shape index (κ2) is 13.2. The second-order valence-electron chi connectivity index (χ2n) is 15.7. The predicted octanol–water partition coefficient (Wildman–Crippen LogP) is 16.0. The van der Waals surface area contributed by atoms with Gasteiger partial charge in [-0.3, -0.25) is 0 Å². The molecule has 0 aliphatic heterocycles. The molecular weight excluding hydrogens is 715 g/mol. The number of rotatable bonds is 3. The number of hydrogen-bond acceptors (Lipinski definition) is 1. The monoisotopic (exact) mass is 751 g/mol. The minimum atomic E-state index is 0.904. The van der Waals surface area contributed by atoms with Gasteiger partial charge >= 0.3 is 0 Å². The molecule has 0 unspecified atom stereocenters. The SMILES string of the molecule is Cc1cccc2ccccc12.c1ccc(-n2c3ccccc3c3ccc(-c4ccc5oc6ccc(-c7ccc8c(c7)-c7cccc9cccc-8c79)cc6c5c4)cc32)cc1. The normalized spacial score (nSPS) is 11.8. The van der Waals surface area contributed by atoms with Crippen LogP contribution in [0.15, 0.2) is 211 Å².